The lowest BCUT2D eigenvalue weighted by Crippen LogP contribution is -2.16. The highest BCUT2D eigenvalue weighted by molar-refractivity contribution is 5.72. The van der Waals surface area contributed by atoms with E-state index in [0.717, 1.165) is 38.6 Å². The number of methoxy groups -OCH3 is 2. The number of aryl methyl sites for hydroxylation is 1. The number of hydrogen-bond donors (Lipinski definition) is 1. The minimum atomic E-state index is -0.233. The van der Waals surface area contributed by atoms with Gasteiger partial charge in [0.2, 0.25) is 0 Å². The molecule has 0 saturated carbocycles. The molecule has 36 heavy (non-hydrogen) atoms. The van der Waals surface area contributed by atoms with Crippen LogP contribution in [0.5, 0.6) is 0 Å². The van der Waals surface area contributed by atoms with Crippen LogP contribution >= 0.6 is 0 Å². The molecule has 0 radical (unpaired) electrons. The highest BCUT2D eigenvalue weighted by Crippen LogP contribution is 2.22. The van der Waals surface area contributed by atoms with E-state index in [4.69, 9.17) is 14.6 Å². The number of rotatable bonds is 13. The maximum absolute atomic E-state index is 9.48. The predicted molar refractivity (Wildman–Crippen MR) is 149 cm³/mol. The number of carbonyl (C=O) groups excluding carboxylic acids is 2. The van der Waals surface area contributed by atoms with Gasteiger partial charge in [0.1, 0.15) is 12.6 Å². The number of aliphatic hydroxyl groups is 1. The molecule has 0 aliphatic carbocycles. The quantitative estimate of drug-likeness (QED) is 0.212. The fraction of sp³-hybridized carbons (Fsp3) is 0.355. The summed E-state index contributed by atoms with van der Waals surface area (Å²) in [6.45, 7) is 10.7. The molecule has 2 aromatic carbocycles. The summed E-state index contributed by atoms with van der Waals surface area (Å²) < 4.78 is 10.7. The number of hydrogen-bond acceptors (Lipinski definition) is 5. The highest BCUT2D eigenvalue weighted by Gasteiger charge is 2.08. The average molecular weight is 495 g/mol. The first-order valence-electron chi connectivity index (χ1n) is 12.0. The molecule has 1 unspecified atom stereocenters. The molecule has 0 bridgehead atoms. The zero-order valence-electron chi connectivity index (χ0n) is 22.2. The second-order valence-corrected chi connectivity index (χ2v) is 8.24. The summed E-state index contributed by atoms with van der Waals surface area (Å²) in [5, 5.41) is 8.00. The van der Waals surface area contributed by atoms with Crippen LogP contribution in [-0.2, 0) is 31.9 Å². The van der Waals surface area contributed by atoms with E-state index in [-0.39, 0.29) is 18.3 Å². The monoisotopic (exact) mass is 494 g/mol. The zero-order valence-corrected chi connectivity index (χ0v) is 22.2. The van der Waals surface area contributed by atoms with E-state index in [0.29, 0.717) is 11.9 Å². The number of ether oxygens (including phenoxy) is 2. The molecule has 2 rings (SSSR count). The van der Waals surface area contributed by atoms with Gasteiger partial charge in [-0.25, -0.2) is 0 Å². The third kappa shape index (κ3) is 15.7. The summed E-state index contributed by atoms with van der Waals surface area (Å²) in [5.41, 5.74) is 6.01. The van der Waals surface area contributed by atoms with Crippen LogP contribution in [0.2, 0.25) is 0 Å². The van der Waals surface area contributed by atoms with Gasteiger partial charge < -0.3 is 14.6 Å². The van der Waals surface area contributed by atoms with Crippen LogP contribution in [0.25, 0.3) is 11.1 Å². The lowest BCUT2D eigenvalue weighted by atomic mass is 9.99. The van der Waals surface area contributed by atoms with Gasteiger partial charge in [0, 0.05) is 26.4 Å². The molecule has 1 atom stereocenters. The summed E-state index contributed by atoms with van der Waals surface area (Å²) in [6, 6.07) is 17.7. The van der Waals surface area contributed by atoms with Gasteiger partial charge in [0.15, 0.2) is 0 Å². The van der Waals surface area contributed by atoms with Crippen molar-refractivity contribution in [2.24, 2.45) is 0 Å². The van der Waals surface area contributed by atoms with Crippen molar-refractivity contribution >= 4 is 12.6 Å². The summed E-state index contributed by atoms with van der Waals surface area (Å²) in [7, 11) is 3.50. The van der Waals surface area contributed by atoms with Crippen molar-refractivity contribution in [2.75, 3.05) is 27.4 Å². The number of carbonyl (C=O) groups is 2. The van der Waals surface area contributed by atoms with Crippen LogP contribution in [0.3, 0.4) is 0 Å². The molecule has 0 aliphatic rings. The molecule has 0 heterocycles. The number of aliphatic hydroxyl groups excluding tert-OH is 1. The summed E-state index contributed by atoms with van der Waals surface area (Å²) in [5.74, 6) is 0. The van der Waals surface area contributed by atoms with E-state index in [2.05, 4.69) is 80.8 Å². The second kappa shape index (κ2) is 21.2. The predicted octanol–water partition coefficient (Wildman–Crippen LogP) is 5.95. The molecule has 0 aliphatic heterocycles. The number of benzene rings is 2. The Morgan fingerprint density at radius 3 is 1.83 bits per heavy atom. The van der Waals surface area contributed by atoms with Crippen molar-refractivity contribution in [3.8, 4) is 11.1 Å². The minimum absolute atomic E-state index is 0.210. The number of allylic oxidation sites excluding steroid dienone is 3. The van der Waals surface area contributed by atoms with Crippen molar-refractivity contribution in [1.29, 1.82) is 0 Å². The van der Waals surface area contributed by atoms with Gasteiger partial charge in [0.05, 0.1) is 12.7 Å². The molecule has 0 amide bonds. The van der Waals surface area contributed by atoms with Crippen LogP contribution < -0.4 is 0 Å². The summed E-state index contributed by atoms with van der Waals surface area (Å²) in [6.07, 6.45) is 9.83. The van der Waals surface area contributed by atoms with E-state index < -0.39 is 0 Å². The maximum Gasteiger partial charge on any atom is 0.147 e. The van der Waals surface area contributed by atoms with Crippen molar-refractivity contribution in [3.63, 3.8) is 0 Å². The Bertz CT molecular complexity index is 911. The van der Waals surface area contributed by atoms with Crippen LogP contribution in [0, 0.1) is 0 Å². The van der Waals surface area contributed by atoms with Gasteiger partial charge in [-0.05, 0) is 67.4 Å². The van der Waals surface area contributed by atoms with Gasteiger partial charge in [-0.1, -0.05) is 73.8 Å². The van der Waals surface area contributed by atoms with Crippen molar-refractivity contribution < 1.29 is 24.2 Å². The highest BCUT2D eigenvalue weighted by atomic mass is 16.5. The Morgan fingerprint density at radius 2 is 1.47 bits per heavy atom. The SMILES string of the molecule is C/C=C/CCc1ccc(-c2ccc(CC(CCOC)OC)cc2)cc1.C=C(C)C=O.C=C(C=O)CO. The van der Waals surface area contributed by atoms with E-state index in [1.165, 1.54) is 22.3 Å². The van der Waals surface area contributed by atoms with E-state index in [9.17, 15) is 9.59 Å². The van der Waals surface area contributed by atoms with Crippen LogP contribution in [0.1, 0.15) is 37.8 Å². The Labute approximate surface area is 217 Å². The Hall–Kier alpha value is -3.12. The minimum Gasteiger partial charge on any atom is -0.392 e. The molecule has 5 heteroatoms. The fourth-order valence-corrected chi connectivity index (χ4v) is 2.97. The molecule has 0 spiro atoms. The van der Waals surface area contributed by atoms with E-state index in [1.54, 1.807) is 21.1 Å². The molecule has 2 aromatic rings. The normalized spacial score (nSPS) is 10.9. The fourth-order valence-electron chi connectivity index (χ4n) is 2.97. The van der Waals surface area contributed by atoms with Gasteiger partial charge >= 0.3 is 0 Å². The topological polar surface area (TPSA) is 72.8 Å². The third-order valence-corrected chi connectivity index (χ3v) is 5.09. The zero-order chi connectivity index (χ0) is 27.2. The maximum atomic E-state index is 9.48. The molecule has 1 N–H and O–H groups in total. The van der Waals surface area contributed by atoms with Crippen LogP contribution in [0.4, 0.5) is 0 Å². The lowest BCUT2D eigenvalue weighted by Gasteiger charge is -2.15. The Balaban J connectivity index is 0.000000931. The standard InChI is InChI=1S/C23H30O2.C4H6O2.C4H6O/c1-4-5-6-7-19-8-12-21(13-9-19)22-14-10-20(11-15-22)18-23(25-3)16-17-24-2;1-4(2-5)3-6;1-4(2)3-5/h4-5,8-15,23H,6-7,16-18H2,1-3H3;2,6H,1,3H2;3H,1H2,2H3/b5-4+;;. The molecule has 5 nitrogen and oxygen atoms in total. The average Bonchev–Trinajstić information content (AvgIpc) is 2.92. The smallest absolute Gasteiger partial charge is 0.147 e. The van der Waals surface area contributed by atoms with Crippen molar-refractivity contribution in [3.05, 3.63) is 96.1 Å². The molecule has 0 aromatic heterocycles. The molecule has 196 valence electrons. The Kier molecular flexibility index (Phi) is 19.4. The molecule has 0 saturated heterocycles. The van der Waals surface area contributed by atoms with Gasteiger partial charge in [0.25, 0.3) is 0 Å². The molecular weight excluding hydrogens is 452 g/mol. The van der Waals surface area contributed by atoms with Crippen LogP contribution in [0.15, 0.2) is 85.0 Å². The summed E-state index contributed by atoms with van der Waals surface area (Å²) >= 11 is 0. The van der Waals surface area contributed by atoms with Crippen molar-refractivity contribution in [2.45, 2.75) is 45.6 Å². The van der Waals surface area contributed by atoms with E-state index >= 15 is 0 Å². The first kappa shape index (κ1) is 32.9. The lowest BCUT2D eigenvalue weighted by molar-refractivity contribution is -0.105. The Morgan fingerprint density at radius 1 is 0.944 bits per heavy atom. The third-order valence-electron chi connectivity index (χ3n) is 5.09. The molecule has 0 fully saturated rings. The van der Waals surface area contributed by atoms with Gasteiger partial charge in [-0.15, -0.1) is 0 Å². The second-order valence-electron chi connectivity index (χ2n) is 8.24. The van der Waals surface area contributed by atoms with Gasteiger partial charge in [-0.3, -0.25) is 9.59 Å². The first-order valence-corrected chi connectivity index (χ1v) is 12.0. The largest absolute Gasteiger partial charge is 0.392 e. The first-order chi connectivity index (χ1) is 17.3. The number of aldehydes is 2. The summed E-state index contributed by atoms with van der Waals surface area (Å²) in [4.78, 5) is 18.9. The van der Waals surface area contributed by atoms with Gasteiger partial charge in [-0.2, -0.15) is 0 Å². The molecular formula is C31H42O5. The van der Waals surface area contributed by atoms with E-state index in [1.807, 2.05) is 0 Å². The van der Waals surface area contributed by atoms with Crippen LogP contribution in [-0.4, -0.2) is 51.2 Å². The van der Waals surface area contributed by atoms with Crippen molar-refractivity contribution in [1.82, 2.24) is 0 Å².